The van der Waals surface area contributed by atoms with E-state index in [1.807, 2.05) is 0 Å². The first-order chi connectivity index (χ1) is 7.99. The van der Waals surface area contributed by atoms with E-state index in [4.69, 9.17) is 15.2 Å². The third-order valence-electron chi connectivity index (χ3n) is 3.55. The Labute approximate surface area is 105 Å². The second-order valence-electron chi connectivity index (χ2n) is 5.64. The van der Waals surface area contributed by atoms with Crippen molar-refractivity contribution in [2.75, 3.05) is 27.3 Å². The molecule has 0 bridgehead atoms. The Balaban J connectivity index is 2.85. The number of methoxy groups -OCH3 is 2. The first-order valence-electron chi connectivity index (χ1n) is 6.52. The van der Waals surface area contributed by atoms with Crippen molar-refractivity contribution in [1.82, 2.24) is 4.90 Å². The van der Waals surface area contributed by atoms with E-state index in [0.717, 1.165) is 6.54 Å². The molecule has 1 saturated carbocycles. The normalized spacial score (nSPS) is 20.3. The van der Waals surface area contributed by atoms with Gasteiger partial charge in [-0.15, -0.1) is 0 Å². The molecule has 0 aromatic heterocycles. The van der Waals surface area contributed by atoms with Crippen LogP contribution in [0.25, 0.3) is 0 Å². The van der Waals surface area contributed by atoms with Crippen LogP contribution < -0.4 is 5.73 Å². The quantitative estimate of drug-likeness (QED) is 0.656. The summed E-state index contributed by atoms with van der Waals surface area (Å²) in [6.07, 6.45) is 2.26. The van der Waals surface area contributed by atoms with Crippen molar-refractivity contribution < 1.29 is 9.47 Å². The lowest BCUT2D eigenvalue weighted by Gasteiger charge is -2.45. The zero-order chi connectivity index (χ0) is 13.1. The first-order valence-corrected chi connectivity index (χ1v) is 6.52. The third kappa shape index (κ3) is 3.41. The summed E-state index contributed by atoms with van der Waals surface area (Å²) in [5.41, 5.74) is 5.76. The van der Waals surface area contributed by atoms with Crippen LogP contribution in [-0.4, -0.2) is 50.1 Å². The van der Waals surface area contributed by atoms with Crippen molar-refractivity contribution >= 4 is 0 Å². The van der Waals surface area contributed by atoms with Gasteiger partial charge in [-0.05, 0) is 25.7 Å². The first kappa shape index (κ1) is 14.9. The molecule has 4 nitrogen and oxygen atoms in total. The molecule has 1 fully saturated rings. The van der Waals surface area contributed by atoms with Crippen molar-refractivity contribution in [3.05, 3.63) is 0 Å². The van der Waals surface area contributed by atoms with Crippen molar-refractivity contribution in [3.63, 3.8) is 0 Å². The molecule has 0 spiro atoms. The highest BCUT2D eigenvalue weighted by atomic mass is 16.7. The van der Waals surface area contributed by atoms with Gasteiger partial charge in [-0.1, -0.05) is 13.8 Å². The Morgan fingerprint density at radius 1 is 1.29 bits per heavy atom. The molecule has 0 aromatic carbocycles. The number of nitrogens with two attached hydrogens (primary N) is 1. The van der Waals surface area contributed by atoms with E-state index in [2.05, 4.69) is 25.7 Å². The van der Waals surface area contributed by atoms with E-state index >= 15 is 0 Å². The average molecular weight is 244 g/mol. The van der Waals surface area contributed by atoms with Crippen LogP contribution in [0.1, 0.15) is 33.6 Å². The van der Waals surface area contributed by atoms with Gasteiger partial charge >= 0.3 is 0 Å². The lowest BCUT2D eigenvalue weighted by molar-refractivity contribution is -0.184. The van der Waals surface area contributed by atoms with Crippen LogP contribution in [-0.2, 0) is 9.47 Å². The molecule has 0 saturated heterocycles. The van der Waals surface area contributed by atoms with Gasteiger partial charge < -0.3 is 15.2 Å². The Morgan fingerprint density at radius 3 is 2.12 bits per heavy atom. The number of hydrogen-bond donors (Lipinski definition) is 1. The maximum atomic E-state index is 6.00. The monoisotopic (exact) mass is 244 g/mol. The Bertz CT molecular complexity index is 227. The zero-order valence-electron chi connectivity index (χ0n) is 11.9. The maximum Gasteiger partial charge on any atom is 0.176 e. The van der Waals surface area contributed by atoms with Gasteiger partial charge in [0.25, 0.3) is 0 Å². The van der Waals surface area contributed by atoms with Crippen LogP contribution in [0.3, 0.4) is 0 Å². The number of nitrogens with zero attached hydrogens (tertiary/aromatic N) is 1. The topological polar surface area (TPSA) is 47.7 Å². The number of rotatable bonds is 8. The van der Waals surface area contributed by atoms with Crippen LogP contribution in [0.5, 0.6) is 0 Å². The van der Waals surface area contributed by atoms with E-state index in [9.17, 15) is 0 Å². The van der Waals surface area contributed by atoms with Crippen molar-refractivity contribution in [2.24, 2.45) is 11.7 Å². The van der Waals surface area contributed by atoms with Crippen LogP contribution in [0.2, 0.25) is 0 Å². The molecule has 1 aliphatic carbocycles. The molecule has 0 radical (unpaired) electrons. The fourth-order valence-electron chi connectivity index (χ4n) is 2.51. The van der Waals surface area contributed by atoms with Gasteiger partial charge in [-0.25, -0.2) is 0 Å². The van der Waals surface area contributed by atoms with Crippen LogP contribution in [0.4, 0.5) is 0 Å². The molecule has 0 aliphatic heterocycles. The third-order valence-corrected chi connectivity index (χ3v) is 3.55. The molecular weight excluding hydrogens is 216 g/mol. The molecule has 1 rings (SSSR count). The number of ether oxygens (including phenoxy) is 2. The molecule has 2 N–H and O–H groups in total. The highest BCUT2D eigenvalue weighted by Crippen LogP contribution is 2.35. The maximum absolute atomic E-state index is 6.00. The molecule has 102 valence electrons. The predicted molar refractivity (Wildman–Crippen MR) is 69.8 cm³/mol. The minimum absolute atomic E-state index is 0.241. The Morgan fingerprint density at radius 2 is 1.82 bits per heavy atom. The van der Waals surface area contributed by atoms with Crippen LogP contribution in [0, 0.1) is 5.92 Å². The standard InChI is InChI=1S/C13H28N2O2/c1-10(2)8-15(11-6-7-11)13(3,9-14)12(16-4)17-5/h10-12H,6-9,14H2,1-5H3. The molecule has 17 heavy (non-hydrogen) atoms. The average Bonchev–Trinajstić information content (AvgIpc) is 3.10. The minimum atomic E-state index is -0.271. The summed E-state index contributed by atoms with van der Waals surface area (Å²) in [7, 11) is 3.37. The van der Waals surface area contributed by atoms with Gasteiger partial charge in [0.05, 0.1) is 5.54 Å². The summed E-state index contributed by atoms with van der Waals surface area (Å²) in [5.74, 6) is 0.621. The Hall–Kier alpha value is -0.160. The summed E-state index contributed by atoms with van der Waals surface area (Å²) in [6, 6.07) is 0.652. The molecule has 0 heterocycles. The van der Waals surface area contributed by atoms with Crippen molar-refractivity contribution in [3.8, 4) is 0 Å². The minimum Gasteiger partial charge on any atom is -0.354 e. The second-order valence-corrected chi connectivity index (χ2v) is 5.64. The molecule has 1 aliphatic rings. The van der Waals surface area contributed by atoms with E-state index in [0.29, 0.717) is 18.5 Å². The SMILES string of the molecule is COC(OC)C(C)(CN)N(CC(C)C)C1CC1. The van der Waals surface area contributed by atoms with Crippen LogP contribution >= 0.6 is 0 Å². The molecule has 0 aromatic rings. The van der Waals surface area contributed by atoms with Gasteiger partial charge in [0.2, 0.25) is 0 Å². The summed E-state index contributed by atoms with van der Waals surface area (Å²) in [4.78, 5) is 2.48. The van der Waals surface area contributed by atoms with Gasteiger partial charge in [0.1, 0.15) is 0 Å². The molecule has 1 atom stereocenters. The highest BCUT2D eigenvalue weighted by molar-refractivity contribution is 4.99. The lowest BCUT2D eigenvalue weighted by atomic mass is 9.96. The largest absolute Gasteiger partial charge is 0.354 e. The van der Waals surface area contributed by atoms with Crippen LogP contribution in [0.15, 0.2) is 0 Å². The fraction of sp³-hybridized carbons (Fsp3) is 1.00. The van der Waals surface area contributed by atoms with E-state index < -0.39 is 0 Å². The number of hydrogen-bond acceptors (Lipinski definition) is 4. The van der Waals surface area contributed by atoms with Gasteiger partial charge in [0.15, 0.2) is 6.29 Å². The molecule has 0 amide bonds. The van der Waals surface area contributed by atoms with Gasteiger partial charge in [0, 0.05) is 33.4 Å². The Kier molecular flexibility index (Phi) is 5.38. The predicted octanol–water partition coefficient (Wildman–Crippen LogP) is 1.44. The molecule has 1 unspecified atom stereocenters. The lowest BCUT2D eigenvalue weighted by Crippen LogP contribution is -2.61. The van der Waals surface area contributed by atoms with Crippen molar-refractivity contribution in [2.45, 2.75) is 51.5 Å². The van der Waals surface area contributed by atoms with E-state index in [1.54, 1.807) is 14.2 Å². The van der Waals surface area contributed by atoms with Gasteiger partial charge in [-0.3, -0.25) is 4.90 Å². The second kappa shape index (κ2) is 6.14. The van der Waals surface area contributed by atoms with E-state index in [1.165, 1.54) is 12.8 Å². The van der Waals surface area contributed by atoms with E-state index in [-0.39, 0.29) is 11.8 Å². The molecule has 4 heteroatoms. The molecular formula is C13H28N2O2. The summed E-state index contributed by atoms with van der Waals surface area (Å²) < 4.78 is 10.9. The fourth-order valence-corrected chi connectivity index (χ4v) is 2.51. The zero-order valence-corrected chi connectivity index (χ0v) is 11.9. The van der Waals surface area contributed by atoms with Gasteiger partial charge in [-0.2, -0.15) is 0 Å². The summed E-state index contributed by atoms with van der Waals surface area (Å²) in [5, 5.41) is 0. The highest BCUT2D eigenvalue weighted by Gasteiger charge is 2.46. The summed E-state index contributed by atoms with van der Waals surface area (Å²) in [6.45, 7) is 8.21. The summed E-state index contributed by atoms with van der Waals surface area (Å²) >= 11 is 0. The smallest absolute Gasteiger partial charge is 0.176 e. The van der Waals surface area contributed by atoms with Crippen molar-refractivity contribution in [1.29, 1.82) is 0 Å².